The molecule has 2 bridgehead atoms. The molecule has 2 fully saturated rings. The van der Waals surface area contributed by atoms with Gasteiger partial charge >= 0.3 is 12.0 Å². The number of rotatable bonds is 8. The Kier molecular flexibility index (Phi) is 6.75. The molecule has 0 spiro atoms. The number of piperidine rings is 1. The van der Waals surface area contributed by atoms with Crippen LogP contribution in [-0.2, 0) is 17.8 Å². The number of anilines is 1. The summed E-state index contributed by atoms with van der Waals surface area (Å²) >= 11 is 0. The zero-order valence-electron chi connectivity index (χ0n) is 19.6. The molecule has 4 heterocycles. The molecule has 2 atom stereocenters. The monoisotopic (exact) mass is 479 g/mol. The number of carbonyl (C=O) groups is 2. The van der Waals surface area contributed by atoms with Gasteiger partial charge in [0.25, 0.3) is 0 Å². The van der Waals surface area contributed by atoms with Crippen molar-refractivity contribution in [3.8, 4) is 0 Å². The maximum absolute atomic E-state index is 12.6. The summed E-state index contributed by atoms with van der Waals surface area (Å²) in [6, 6.07) is 11.1. The molecule has 3 aromatic rings. The molecule has 0 radical (unpaired) electrons. The molecule has 11 nitrogen and oxygen atoms in total. The maximum Gasteiger partial charge on any atom is 0.338 e. The molecule has 0 aliphatic carbocycles. The number of fused-ring (bicyclic) bond motifs is 2. The van der Waals surface area contributed by atoms with Crippen LogP contribution in [0, 0.1) is 0 Å². The number of hydrogen-bond acceptors (Lipinski definition) is 8. The minimum atomic E-state index is -0.374. The van der Waals surface area contributed by atoms with Gasteiger partial charge < -0.3 is 19.8 Å². The molecule has 0 saturated carbocycles. The van der Waals surface area contributed by atoms with Gasteiger partial charge in [-0.15, -0.1) is 5.10 Å². The average molecular weight is 480 g/mol. The van der Waals surface area contributed by atoms with Crippen LogP contribution in [0.3, 0.4) is 0 Å². The largest absolute Gasteiger partial charge is 0.467 e. The number of ether oxygens (including phenoxy) is 1. The Morgan fingerprint density at radius 2 is 1.89 bits per heavy atom. The summed E-state index contributed by atoms with van der Waals surface area (Å²) in [5.74, 6) is 1.25. The van der Waals surface area contributed by atoms with E-state index >= 15 is 0 Å². The second kappa shape index (κ2) is 10.3. The third-order valence-corrected chi connectivity index (χ3v) is 6.69. The molecule has 2 aliphatic rings. The summed E-state index contributed by atoms with van der Waals surface area (Å²) in [5, 5.41) is 18.2. The first-order valence-corrected chi connectivity index (χ1v) is 12.0. The van der Waals surface area contributed by atoms with Gasteiger partial charge in [-0.25, -0.2) is 14.3 Å². The highest BCUT2D eigenvalue weighted by Gasteiger charge is 2.41. The van der Waals surface area contributed by atoms with Crippen LogP contribution in [0.4, 0.5) is 10.5 Å². The van der Waals surface area contributed by atoms with E-state index in [4.69, 9.17) is 9.15 Å². The zero-order valence-corrected chi connectivity index (χ0v) is 19.6. The first-order chi connectivity index (χ1) is 17.1. The van der Waals surface area contributed by atoms with Gasteiger partial charge in [0.2, 0.25) is 0 Å². The lowest BCUT2D eigenvalue weighted by Crippen LogP contribution is -2.51. The van der Waals surface area contributed by atoms with Crippen molar-refractivity contribution < 1.29 is 18.7 Å². The third kappa shape index (κ3) is 5.35. The minimum absolute atomic E-state index is 0.0988. The van der Waals surface area contributed by atoms with Crippen LogP contribution in [0.1, 0.15) is 54.5 Å². The number of amides is 2. The molecule has 35 heavy (non-hydrogen) atoms. The topological polar surface area (TPSA) is 127 Å². The lowest BCUT2D eigenvalue weighted by atomic mass is 9.97. The highest BCUT2D eigenvalue weighted by Crippen LogP contribution is 2.36. The van der Waals surface area contributed by atoms with Crippen LogP contribution in [0.5, 0.6) is 0 Å². The van der Waals surface area contributed by atoms with Gasteiger partial charge in [-0.3, -0.25) is 4.90 Å². The van der Waals surface area contributed by atoms with E-state index in [2.05, 4.69) is 31.1 Å². The number of tetrazole rings is 1. The highest BCUT2D eigenvalue weighted by atomic mass is 16.5. The van der Waals surface area contributed by atoms with E-state index in [-0.39, 0.29) is 18.0 Å². The van der Waals surface area contributed by atoms with Crippen molar-refractivity contribution in [3.05, 3.63) is 59.8 Å². The molecular formula is C24H29N7O4. The number of nitrogens with zero attached hydrogens (tertiary/aromatic N) is 5. The predicted molar refractivity (Wildman–Crippen MR) is 126 cm³/mol. The number of nitrogens with one attached hydrogen (secondary N) is 2. The van der Waals surface area contributed by atoms with Crippen LogP contribution < -0.4 is 10.6 Å². The molecule has 2 amide bonds. The normalized spacial score (nSPS) is 21.6. The Hall–Kier alpha value is -3.73. The van der Waals surface area contributed by atoms with Crippen molar-refractivity contribution >= 4 is 17.7 Å². The second-order valence-electron chi connectivity index (χ2n) is 8.95. The van der Waals surface area contributed by atoms with Crippen molar-refractivity contribution in [1.29, 1.82) is 0 Å². The van der Waals surface area contributed by atoms with E-state index in [0.29, 0.717) is 43.0 Å². The SMILES string of the molecule is CCOC(=O)c1ccc(NC(=O)NC2C[C@H]3CC[C@H](C2)N3Cc2nnnn2Cc2ccco2)cc1. The fourth-order valence-electron chi connectivity index (χ4n) is 5.08. The van der Waals surface area contributed by atoms with Crippen LogP contribution in [-0.4, -0.2) is 61.8 Å². The Balaban J connectivity index is 1.14. The van der Waals surface area contributed by atoms with Gasteiger partial charge in [-0.05, 0) is 79.4 Å². The number of hydrogen-bond donors (Lipinski definition) is 2. The van der Waals surface area contributed by atoms with Crippen LogP contribution in [0.25, 0.3) is 0 Å². The van der Waals surface area contributed by atoms with Crippen molar-refractivity contribution in [1.82, 2.24) is 30.4 Å². The van der Waals surface area contributed by atoms with Gasteiger partial charge in [0.1, 0.15) is 12.3 Å². The second-order valence-corrected chi connectivity index (χ2v) is 8.95. The van der Waals surface area contributed by atoms with E-state index in [1.54, 1.807) is 42.1 Å². The Morgan fingerprint density at radius 3 is 2.57 bits per heavy atom. The van der Waals surface area contributed by atoms with Crippen LogP contribution in [0.15, 0.2) is 47.1 Å². The minimum Gasteiger partial charge on any atom is -0.467 e. The van der Waals surface area contributed by atoms with Gasteiger partial charge in [0, 0.05) is 23.8 Å². The Bertz CT molecular complexity index is 1130. The molecule has 0 unspecified atom stereocenters. The summed E-state index contributed by atoms with van der Waals surface area (Å²) in [4.78, 5) is 26.9. The molecule has 1 aromatic carbocycles. The molecule has 5 rings (SSSR count). The van der Waals surface area contributed by atoms with E-state index in [0.717, 1.165) is 37.3 Å². The smallest absolute Gasteiger partial charge is 0.338 e. The number of aromatic nitrogens is 4. The standard InChI is InChI=1S/C24H29N7O4/c1-2-34-23(32)16-5-7-17(8-6-16)25-24(33)26-18-12-19-9-10-20(13-18)30(19)15-22-27-28-29-31(22)14-21-4-3-11-35-21/h3-8,11,18-20H,2,9-10,12-15H2,1H3,(H2,25,26,33)/t19-,20-/m1/s1. The Morgan fingerprint density at radius 1 is 1.11 bits per heavy atom. The third-order valence-electron chi connectivity index (χ3n) is 6.69. The van der Waals surface area contributed by atoms with Gasteiger partial charge in [0.05, 0.1) is 25.0 Å². The summed E-state index contributed by atoms with van der Waals surface area (Å²) in [5.41, 5.74) is 1.08. The lowest BCUT2D eigenvalue weighted by molar-refractivity contribution is 0.0526. The Labute approximate surface area is 202 Å². The molecular weight excluding hydrogens is 450 g/mol. The predicted octanol–water partition coefficient (Wildman–Crippen LogP) is 2.81. The van der Waals surface area contributed by atoms with Gasteiger partial charge in [-0.2, -0.15) is 0 Å². The van der Waals surface area contributed by atoms with E-state index in [1.165, 1.54) is 0 Å². The first-order valence-electron chi connectivity index (χ1n) is 12.0. The maximum atomic E-state index is 12.6. The molecule has 2 saturated heterocycles. The zero-order chi connectivity index (χ0) is 24.2. The van der Waals surface area contributed by atoms with Crippen molar-refractivity contribution in [3.63, 3.8) is 0 Å². The summed E-state index contributed by atoms with van der Waals surface area (Å²) in [6.45, 7) is 3.27. The van der Waals surface area contributed by atoms with Gasteiger partial charge in [0.15, 0.2) is 5.82 Å². The number of urea groups is 1. The van der Waals surface area contributed by atoms with Gasteiger partial charge in [-0.1, -0.05) is 0 Å². The van der Waals surface area contributed by atoms with E-state index in [1.807, 2.05) is 12.1 Å². The molecule has 11 heteroatoms. The number of esters is 1. The number of benzene rings is 1. The quantitative estimate of drug-likeness (QED) is 0.472. The number of carbonyl (C=O) groups excluding carboxylic acids is 2. The average Bonchev–Trinajstić information content (AvgIpc) is 3.56. The molecule has 2 N–H and O–H groups in total. The van der Waals surface area contributed by atoms with E-state index < -0.39 is 0 Å². The number of furan rings is 1. The molecule has 2 aromatic heterocycles. The molecule has 2 aliphatic heterocycles. The summed E-state index contributed by atoms with van der Waals surface area (Å²) in [7, 11) is 0. The highest BCUT2D eigenvalue weighted by molar-refractivity contribution is 5.92. The van der Waals surface area contributed by atoms with E-state index in [9.17, 15) is 9.59 Å². The van der Waals surface area contributed by atoms with Crippen molar-refractivity contribution in [2.24, 2.45) is 0 Å². The lowest BCUT2D eigenvalue weighted by Gasteiger charge is -2.38. The van der Waals surface area contributed by atoms with Crippen LogP contribution >= 0.6 is 0 Å². The summed E-state index contributed by atoms with van der Waals surface area (Å²) < 4.78 is 12.2. The van der Waals surface area contributed by atoms with Crippen molar-refractivity contribution in [2.45, 2.75) is 63.8 Å². The van der Waals surface area contributed by atoms with Crippen LogP contribution in [0.2, 0.25) is 0 Å². The fourth-order valence-corrected chi connectivity index (χ4v) is 5.08. The van der Waals surface area contributed by atoms with Crippen molar-refractivity contribution in [2.75, 3.05) is 11.9 Å². The fraction of sp³-hybridized carbons (Fsp3) is 0.458. The summed E-state index contributed by atoms with van der Waals surface area (Å²) in [6.07, 6.45) is 5.60. The first kappa shape index (κ1) is 23.0. The molecule has 184 valence electrons.